The lowest BCUT2D eigenvalue weighted by molar-refractivity contribution is 0.851. The van der Waals surface area contributed by atoms with Gasteiger partial charge in [0, 0.05) is 23.6 Å². The van der Waals surface area contributed by atoms with E-state index in [-0.39, 0.29) is 0 Å². The lowest BCUT2D eigenvalue weighted by Gasteiger charge is -2.08. The maximum atomic E-state index is 6.02. The van der Waals surface area contributed by atoms with Crippen LogP contribution in [0.25, 0.3) is 0 Å². The fourth-order valence-corrected chi connectivity index (χ4v) is 1.73. The largest absolute Gasteiger partial charge is 0.366 e. The molecule has 0 spiro atoms. The quantitative estimate of drug-likeness (QED) is 0.820. The molecule has 1 aromatic rings. The third kappa shape index (κ3) is 4.24. The third-order valence-corrected chi connectivity index (χ3v) is 2.86. The van der Waals surface area contributed by atoms with Crippen LogP contribution in [-0.2, 0) is 6.42 Å². The predicted octanol–water partition coefficient (Wildman–Crippen LogP) is 2.63. The minimum absolute atomic E-state index is 0.639. The van der Waals surface area contributed by atoms with Crippen molar-refractivity contribution in [2.24, 2.45) is 0 Å². The molecule has 0 aliphatic heterocycles. The van der Waals surface area contributed by atoms with Gasteiger partial charge in [-0.05, 0) is 36.3 Å². The number of hydrogen-bond donors (Lipinski definition) is 2. The molecule has 0 radical (unpaired) electrons. The van der Waals surface area contributed by atoms with Crippen molar-refractivity contribution >= 4 is 40.5 Å². The second-order valence-electron chi connectivity index (χ2n) is 2.99. The van der Waals surface area contributed by atoms with Crippen LogP contribution in [0.1, 0.15) is 5.56 Å². The van der Waals surface area contributed by atoms with Crippen LogP contribution in [0.15, 0.2) is 18.2 Å². The van der Waals surface area contributed by atoms with Crippen LogP contribution in [0.5, 0.6) is 0 Å². The van der Waals surface area contributed by atoms with Gasteiger partial charge >= 0.3 is 0 Å². The summed E-state index contributed by atoms with van der Waals surface area (Å²) in [6.45, 7) is 0.751. The molecule has 0 aromatic heterocycles. The van der Waals surface area contributed by atoms with Crippen LogP contribution < -0.4 is 10.6 Å². The molecule has 2 nitrogen and oxygen atoms in total. The molecule has 0 heterocycles. The molecule has 0 saturated heterocycles. The maximum absolute atomic E-state index is 6.02. The van der Waals surface area contributed by atoms with E-state index in [0.717, 1.165) is 18.5 Å². The first-order valence-corrected chi connectivity index (χ1v) is 5.69. The molecule has 1 rings (SSSR count). The van der Waals surface area contributed by atoms with Gasteiger partial charge in [-0.3, -0.25) is 0 Å². The summed E-state index contributed by atoms with van der Waals surface area (Å²) in [5, 5.41) is 7.88. The van der Waals surface area contributed by atoms with E-state index in [0.29, 0.717) is 15.2 Å². The molecule has 5 heteroatoms. The molecular weight excluding hydrogens is 251 g/mol. The molecule has 15 heavy (non-hydrogen) atoms. The molecule has 82 valence electrons. The van der Waals surface area contributed by atoms with E-state index in [1.54, 1.807) is 13.1 Å². The van der Waals surface area contributed by atoms with Crippen molar-refractivity contribution in [2.45, 2.75) is 6.42 Å². The Kier molecular flexibility index (Phi) is 5.15. The molecule has 0 saturated carbocycles. The second kappa shape index (κ2) is 6.16. The van der Waals surface area contributed by atoms with E-state index < -0.39 is 0 Å². The fraction of sp³-hybridized carbons (Fsp3) is 0.300. The summed E-state index contributed by atoms with van der Waals surface area (Å²) in [7, 11) is 1.78. The summed E-state index contributed by atoms with van der Waals surface area (Å²) in [6.07, 6.45) is 0.817. The summed E-state index contributed by atoms with van der Waals surface area (Å²) in [5.74, 6) is 0. The smallest absolute Gasteiger partial charge is 0.166 e. The first-order valence-electron chi connectivity index (χ1n) is 4.53. The monoisotopic (exact) mass is 262 g/mol. The Morgan fingerprint density at radius 1 is 1.40 bits per heavy atom. The highest BCUT2D eigenvalue weighted by molar-refractivity contribution is 7.80. The standard InChI is InChI=1S/C10H12Cl2N2S/c1-13-10(15)14-5-4-7-2-3-8(11)6-9(7)12/h2-3,6H,4-5H2,1H3,(H2,13,14,15). The Balaban J connectivity index is 2.47. The van der Waals surface area contributed by atoms with Crippen LogP contribution >= 0.6 is 35.4 Å². The first-order chi connectivity index (χ1) is 7.13. The van der Waals surface area contributed by atoms with Gasteiger partial charge in [0.05, 0.1) is 0 Å². The topological polar surface area (TPSA) is 24.1 Å². The lowest BCUT2D eigenvalue weighted by atomic mass is 10.1. The van der Waals surface area contributed by atoms with Gasteiger partial charge in [-0.1, -0.05) is 29.3 Å². The molecule has 0 bridgehead atoms. The summed E-state index contributed by atoms with van der Waals surface area (Å²) in [5.41, 5.74) is 1.06. The molecule has 0 atom stereocenters. The van der Waals surface area contributed by atoms with E-state index in [4.69, 9.17) is 35.4 Å². The van der Waals surface area contributed by atoms with Crippen molar-refractivity contribution in [1.82, 2.24) is 10.6 Å². The minimum Gasteiger partial charge on any atom is -0.366 e. The highest BCUT2D eigenvalue weighted by Gasteiger charge is 2.01. The summed E-state index contributed by atoms with van der Waals surface area (Å²) in [6, 6.07) is 5.50. The van der Waals surface area contributed by atoms with Crippen molar-refractivity contribution in [3.63, 3.8) is 0 Å². The van der Waals surface area contributed by atoms with Gasteiger partial charge in [-0.15, -0.1) is 0 Å². The Hall–Kier alpha value is -0.510. The predicted molar refractivity (Wildman–Crippen MR) is 69.8 cm³/mol. The summed E-state index contributed by atoms with van der Waals surface area (Å²) >= 11 is 16.8. The highest BCUT2D eigenvalue weighted by Crippen LogP contribution is 2.20. The number of nitrogens with one attached hydrogen (secondary N) is 2. The Morgan fingerprint density at radius 2 is 2.13 bits per heavy atom. The molecule has 0 aliphatic carbocycles. The van der Waals surface area contributed by atoms with Crippen molar-refractivity contribution in [1.29, 1.82) is 0 Å². The highest BCUT2D eigenvalue weighted by atomic mass is 35.5. The second-order valence-corrected chi connectivity index (χ2v) is 4.24. The normalized spacial score (nSPS) is 9.80. The molecular formula is C10H12Cl2N2S. The van der Waals surface area contributed by atoms with E-state index in [1.165, 1.54) is 0 Å². The number of halogens is 2. The van der Waals surface area contributed by atoms with Crippen molar-refractivity contribution in [3.8, 4) is 0 Å². The fourth-order valence-electron chi connectivity index (χ4n) is 1.12. The van der Waals surface area contributed by atoms with Gasteiger partial charge < -0.3 is 10.6 Å². The zero-order valence-electron chi connectivity index (χ0n) is 8.31. The van der Waals surface area contributed by atoms with Crippen molar-refractivity contribution in [3.05, 3.63) is 33.8 Å². The van der Waals surface area contributed by atoms with Crippen molar-refractivity contribution < 1.29 is 0 Å². The van der Waals surface area contributed by atoms with Crippen LogP contribution in [0.3, 0.4) is 0 Å². The molecule has 2 N–H and O–H groups in total. The number of rotatable bonds is 3. The Labute approximate surface area is 105 Å². The van der Waals surface area contributed by atoms with Crippen LogP contribution in [0, 0.1) is 0 Å². The molecule has 0 aliphatic rings. The average molecular weight is 263 g/mol. The SMILES string of the molecule is CNC(=S)NCCc1ccc(Cl)cc1Cl. The Morgan fingerprint density at radius 3 is 2.73 bits per heavy atom. The van der Waals surface area contributed by atoms with Gasteiger partial charge in [0.15, 0.2) is 5.11 Å². The zero-order valence-corrected chi connectivity index (χ0v) is 10.6. The van der Waals surface area contributed by atoms with Gasteiger partial charge in [-0.25, -0.2) is 0 Å². The molecule has 1 aromatic carbocycles. The van der Waals surface area contributed by atoms with Crippen LogP contribution in [-0.4, -0.2) is 18.7 Å². The van der Waals surface area contributed by atoms with E-state index in [2.05, 4.69) is 10.6 Å². The summed E-state index contributed by atoms with van der Waals surface area (Å²) < 4.78 is 0. The maximum Gasteiger partial charge on any atom is 0.166 e. The molecule has 0 unspecified atom stereocenters. The van der Waals surface area contributed by atoms with E-state index in [1.807, 2.05) is 12.1 Å². The van der Waals surface area contributed by atoms with Gasteiger partial charge in [-0.2, -0.15) is 0 Å². The van der Waals surface area contributed by atoms with E-state index in [9.17, 15) is 0 Å². The average Bonchev–Trinajstić information content (AvgIpc) is 2.21. The first kappa shape index (κ1) is 12.6. The number of hydrogen-bond acceptors (Lipinski definition) is 1. The molecule has 0 fully saturated rings. The van der Waals surface area contributed by atoms with Gasteiger partial charge in [0.2, 0.25) is 0 Å². The zero-order chi connectivity index (χ0) is 11.3. The van der Waals surface area contributed by atoms with E-state index >= 15 is 0 Å². The Bertz CT molecular complexity index is 355. The third-order valence-electron chi connectivity index (χ3n) is 1.92. The van der Waals surface area contributed by atoms with Crippen LogP contribution in [0.4, 0.5) is 0 Å². The number of thiocarbonyl (C=S) groups is 1. The van der Waals surface area contributed by atoms with Gasteiger partial charge in [0.1, 0.15) is 0 Å². The summed E-state index contributed by atoms with van der Waals surface area (Å²) in [4.78, 5) is 0. The number of benzene rings is 1. The lowest BCUT2D eigenvalue weighted by Crippen LogP contribution is -2.33. The molecule has 0 amide bonds. The minimum atomic E-state index is 0.639. The van der Waals surface area contributed by atoms with Crippen molar-refractivity contribution in [2.75, 3.05) is 13.6 Å². The van der Waals surface area contributed by atoms with Gasteiger partial charge in [0.25, 0.3) is 0 Å². The van der Waals surface area contributed by atoms with Crippen LogP contribution in [0.2, 0.25) is 10.0 Å².